The van der Waals surface area contributed by atoms with Crippen LogP contribution in [0.25, 0.3) is 0 Å². The molecule has 12 heavy (non-hydrogen) atoms. The van der Waals surface area contributed by atoms with Crippen molar-refractivity contribution < 1.29 is 0 Å². The van der Waals surface area contributed by atoms with Gasteiger partial charge in [0.25, 0.3) is 0 Å². The van der Waals surface area contributed by atoms with Gasteiger partial charge in [-0.3, -0.25) is 0 Å². The molecule has 0 rings (SSSR count). The summed E-state index contributed by atoms with van der Waals surface area (Å²) in [5, 5.41) is 0. The van der Waals surface area contributed by atoms with Gasteiger partial charge in [-0.2, -0.15) is 0 Å². The number of hydrogen-bond donors (Lipinski definition) is 0. The maximum absolute atomic E-state index is 3.91. The zero-order chi connectivity index (χ0) is 9.61. The van der Waals surface area contributed by atoms with Crippen LogP contribution in [-0.4, -0.2) is 8.07 Å². The summed E-state index contributed by atoms with van der Waals surface area (Å²) in [5.41, 5.74) is 1.34. The van der Waals surface area contributed by atoms with E-state index in [0.717, 1.165) is 0 Å². The lowest BCUT2D eigenvalue weighted by Gasteiger charge is -2.14. The van der Waals surface area contributed by atoms with Crippen molar-refractivity contribution in [2.75, 3.05) is 0 Å². The highest BCUT2D eigenvalue weighted by Gasteiger charge is 2.11. The quantitative estimate of drug-likeness (QED) is 0.325. The van der Waals surface area contributed by atoms with Gasteiger partial charge in [0, 0.05) is 8.07 Å². The van der Waals surface area contributed by atoms with Gasteiger partial charge in [-0.15, -0.1) is 6.58 Å². The molecule has 0 spiro atoms. The Morgan fingerprint density at radius 2 is 1.67 bits per heavy atom. The summed E-state index contributed by atoms with van der Waals surface area (Å²) in [7, 11) is -0.757. The smallest absolute Gasteiger partial charge is 0.0442 e. The molecule has 0 atom stereocenters. The number of unbranched alkanes of at least 4 members (excludes halogenated alkanes) is 2. The van der Waals surface area contributed by atoms with E-state index in [4.69, 9.17) is 0 Å². The fraction of sp³-hybridized carbons (Fsp3) is 0.818. The van der Waals surface area contributed by atoms with E-state index in [9.17, 15) is 0 Å². The Bertz CT molecular complexity index is 130. The molecule has 0 fully saturated rings. The molecule has 0 amide bonds. The van der Waals surface area contributed by atoms with Crippen molar-refractivity contribution in [3.8, 4) is 0 Å². The summed E-state index contributed by atoms with van der Waals surface area (Å²) in [6, 6.07) is 1.49. The molecule has 0 radical (unpaired) electrons. The number of hydrogen-bond acceptors (Lipinski definition) is 0. The van der Waals surface area contributed by atoms with E-state index >= 15 is 0 Å². The molecule has 0 aliphatic carbocycles. The molecule has 72 valence electrons. The molecule has 0 bridgehead atoms. The van der Waals surface area contributed by atoms with Crippen LogP contribution in [0.1, 0.15) is 32.6 Å². The van der Waals surface area contributed by atoms with Crippen molar-refractivity contribution in [2.45, 2.75) is 58.3 Å². The first-order valence-corrected chi connectivity index (χ1v) is 8.77. The second-order valence-corrected chi connectivity index (χ2v) is 10.7. The Morgan fingerprint density at radius 1 is 1.08 bits per heavy atom. The normalized spacial score (nSPS) is 11.7. The maximum atomic E-state index is 3.91. The Balaban J connectivity index is 3.17. The van der Waals surface area contributed by atoms with E-state index in [2.05, 4.69) is 33.1 Å². The molecule has 0 N–H and O–H groups in total. The second kappa shape index (κ2) is 5.58. The van der Waals surface area contributed by atoms with Crippen LogP contribution in [-0.2, 0) is 0 Å². The molecule has 0 aromatic heterocycles. The summed E-state index contributed by atoms with van der Waals surface area (Å²) in [6.45, 7) is 13.4. The van der Waals surface area contributed by atoms with Crippen LogP contribution in [0.15, 0.2) is 12.2 Å². The van der Waals surface area contributed by atoms with E-state index < -0.39 is 8.07 Å². The Morgan fingerprint density at radius 3 is 2.08 bits per heavy atom. The highest BCUT2D eigenvalue weighted by Crippen LogP contribution is 2.15. The van der Waals surface area contributed by atoms with Crippen LogP contribution in [0.4, 0.5) is 0 Å². The van der Waals surface area contributed by atoms with Crippen molar-refractivity contribution in [3.63, 3.8) is 0 Å². The summed E-state index contributed by atoms with van der Waals surface area (Å²) in [4.78, 5) is 0. The summed E-state index contributed by atoms with van der Waals surface area (Å²) in [5.74, 6) is 0. The van der Waals surface area contributed by atoms with E-state index in [1.54, 1.807) is 0 Å². The van der Waals surface area contributed by atoms with Gasteiger partial charge in [0.05, 0.1) is 0 Å². The fourth-order valence-electron chi connectivity index (χ4n) is 1.26. The molecule has 0 saturated heterocycles. The van der Waals surface area contributed by atoms with Crippen molar-refractivity contribution in [1.29, 1.82) is 0 Å². The van der Waals surface area contributed by atoms with Crippen molar-refractivity contribution in [2.24, 2.45) is 0 Å². The van der Waals surface area contributed by atoms with Crippen LogP contribution in [0, 0.1) is 0 Å². The molecular formula is C11H24Si. The molecule has 0 unspecified atom stereocenters. The van der Waals surface area contributed by atoms with Gasteiger partial charge in [-0.25, -0.2) is 0 Å². The van der Waals surface area contributed by atoms with Crippen molar-refractivity contribution in [3.05, 3.63) is 12.2 Å². The van der Waals surface area contributed by atoms with Gasteiger partial charge >= 0.3 is 0 Å². The predicted octanol–water partition coefficient (Wildman–Crippen LogP) is 4.46. The van der Waals surface area contributed by atoms with Gasteiger partial charge in [0.15, 0.2) is 0 Å². The SMILES string of the molecule is C=C(C)CCCCC[Si](C)(C)C. The van der Waals surface area contributed by atoms with E-state index in [1.807, 2.05) is 0 Å². The van der Waals surface area contributed by atoms with Gasteiger partial charge in [0.2, 0.25) is 0 Å². The van der Waals surface area contributed by atoms with Crippen LogP contribution < -0.4 is 0 Å². The average molecular weight is 184 g/mol. The molecule has 0 aromatic carbocycles. The third-order valence-corrected chi connectivity index (χ3v) is 3.88. The zero-order valence-corrected chi connectivity index (χ0v) is 10.2. The predicted molar refractivity (Wildman–Crippen MR) is 61.4 cm³/mol. The second-order valence-electron chi connectivity index (χ2n) is 5.08. The molecule has 0 aliphatic heterocycles. The Labute approximate surface area is 79.1 Å². The third kappa shape index (κ3) is 9.96. The lowest BCUT2D eigenvalue weighted by molar-refractivity contribution is 0.709. The molecule has 0 nitrogen and oxygen atoms in total. The Kier molecular flexibility index (Phi) is 5.56. The molecule has 1 heteroatoms. The highest BCUT2D eigenvalue weighted by molar-refractivity contribution is 6.76. The largest absolute Gasteiger partial charge is 0.100 e. The lowest BCUT2D eigenvalue weighted by atomic mass is 10.1. The minimum Gasteiger partial charge on any atom is -0.100 e. The minimum absolute atomic E-state index is 0.757. The Hall–Kier alpha value is -0.0431. The first-order chi connectivity index (χ1) is 5.42. The zero-order valence-electron chi connectivity index (χ0n) is 9.24. The fourth-order valence-corrected chi connectivity index (χ4v) is 2.57. The number of rotatable bonds is 6. The molecule has 0 saturated carbocycles. The van der Waals surface area contributed by atoms with E-state index in [1.165, 1.54) is 37.3 Å². The van der Waals surface area contributed by atoms with Crippen LogP contribution in [0.3, 0.4) is 0 Å². The molecular weight excluding hydrogens is 160 g/mol. The third-order valence-electron chi connectivity index (χ3n) is 2.03. The van der Waals surface area contributed by atoms with Crippen molar-refractivity contribution in [1.82, 2.24) is 0 Å². The van der Waals surface area contributed by atoms with Crippen LogP contribution >= 0.6 is 0 Å². The lowest BCUT2D eigenvalue weighted by Crippen LogP contribution is -2.18. The molecule has 0 aromatic rings. The van der Waals surface area contributed by atoms with E-state index in [0.29, 0.717) is 0 Å². The summed E-state index contributed by atoms with van der Waals surface area (Å²) in [6.07, 6.45) is 5.41. The number of allylic oxidation sites excluding steroid dienone is 1. The van der Waals surface area contributed by atoms with Gasteiger partial charge in [-0.1, -0.05) is 44.1 Å². The maximum Gasteiger partial charge on any atom is 0.0442 e. The van der Waals surface area contributed by atoms with Gasteiger partial charge in [0.1, 0.15) is 0 Å². The van der Waals surface area contributed by atoms with E-state index in [-0.39, 0.29) is 0 Å². The first kappa shape index (κ1) is 12.0. The topological polar surface area (TPSA) is 0 Å². The monoisotopic (exact) mass is 184 g/mol. The summed E-state index contributed by atoms with van der Waals surface area (Å²) < 4.78 is 0. The minimum atomic E-state index is -0.757. The molecule has 0 aliphatic rings. The standard InChI is InChI=1S/C11H24Si/c1-11(2)9-7-6-8-10-12(3,4)5/h1,6-10H2,2-5H3. The van der Waals surface area contributed by atoms with Crippen LogP contribution in [0.2, 0.25) is 25.7 Å². The van der Waals surface area contributed by atoms with Gasteiger partial charge < -0.3 is 0 Å². The average Bonchev–Trinajstić information content (AvgIpc) is 1.83. The van der Waals surface area contributed by atoms with Gasteiger partial charge in [-0.05, 0) is 19.8 Å². The highest BCUT2D eigenvalue weighted by atomic mass is 28.3. The first-order valence-electron chi connectivity index (χ1n) is 5.06. The van der Waals surface area contributed by atoms with Crippen LogP contribution in [0.5, 0.6) is 0 Å². The summed E-state index contributed by atoms with van der Waals surface area (Å²) >= 11 is 0. The van der Waals surface area contributed by atoms with Crippen molar-refractivity contribution >= 4 is 8.07 Å². The molecule has 0 heterocycles.